The summed E-state index contributed by atoms with van der Waals surface area (Å²) in [5.41, 5.74) is 0.580. The third kappa shape index (κ3) is 4.21. The summed E-state index contributed by atoms with van der Waals surface area (Å²) >= 11 is 9.19. The first-order chi connectivity index (χ1) is 7.84. The number of rotatable bonds is 4. The molecule has 1 amide bonds. The van der Waals surface area contributed by atoms with E-state index in [4.69, 9.17) is 16.3 Å². The van der Waals surface area contributed by atoms with E-state index in [0.717, 1.165) is 0 Å². The normalized spacial score (nSPS) is 11.1. The van der Waals surface area contributed by atoms with E-state index in [9.17, 15) is 4.79 Å². The van der Waals surface area contributed by atoms with Crippen LogP contribution in [0, 0.1) is 0 Å². The molecule has 94 valence electrons. The van der Waals surface area contributed by atoms with Crippen LogP contribution in [0.3, 0.4) is 0 Å². The van der Waals surface area contributed by atoms with Gasteiger partial charge >= 0.3 is 0 Å². The topological polar surface area (TPSA) is 38.3 Å². The van der Waals surface area contributed by atoms with Gasteiger partial charge in [-0.1, -0.05) is 27.5 Å². The van der Waals surface area contributed by atoms with Crippen LogP contribution in [0.4, 0.5) is 5.69 Å². The first-order valence-electron chi connectivity index (χ1n) is 5.27. The van der Waals surface area contributed by atoms with Crippen molar-refractivity contribution in [1.29, 1.82) is 0 Å². The van der Waals surface area contributed by atoms with Crippen molar-refractivity contribution in [1.82, 2.24) is 0 Å². The van der Waals surface area contributed by atoms with Crippen molar-refractivity contribution in [3.8, 4) is 5.75 Å². The maximum Gasteiger partial charge on any atom is 0.240 e. The van der Waals surface area contributed by atoms with E-state index >= 15 is 0 Å². The highest BCUT2D eigenvalue weighted by Gasteiger charge is 2.24. The lowest BCUT2D eigenvalue weighted by molar-refractivity contribution is -0.117. The van der Waals surface area contributed by atoms with E-state index in [1.165, 1.54) is 0 Å². The molecular formula is C12H15BrClNO2. The largest absolute Gasteiger partial charge is 0.492 e. The number of benzene rings is 1. The molecule has 0 bridgehead atoms. The number of anilines is 1. The summed E-state index contributed by atoms with van der Waals surface area (Å²) in [6.45, 7) is 5.96. The van der Waals surface area contributed by atoms with Crippen molar-refractivity contribution in [2.75, 3.05) is 11.9 Å². The van der Waals surface area contributed by atoms with Gasteiger partial charge < -0.3 is 10.1 Å². The molecule has 0 aromatic heterocycles. The third-order valence-electron chi connectivity index (χ3n) is 2.03. The Hall–Kier alpha value is -0.740. The average molecular weight is 321 g/mol. The van der Waals surface area contributed by atoms with Gasteiger partial charge in [0, 0.05) is 5.02 Å². The highest BCUT2D eigenvalue weighted by molar-refractivity contribution is 9.10. The summed E-state index contributed by atoms with van der Waals surface area (Å²) in [5, 5.41) is 3.33. The van der Waals surface area contributed by atoms with Crippen molar-refractivity contribution in [3.05, 3.63) is 23.2 Å². The van der Waals surface area contributed by atoms with Crippen LogP contribution < -0.4 is 10.1 Å². The smallest absolute Gasteiger partial charge is 0.240 e. The number of hydrogen-bond acceptors (Lipinski definition) is 2. The van der Waals surface area contributed by atoms with Gasteiger partial charge in [-0.05, 0) is 39.0 Å². The van der Waals surface area contributed by atoms with Crippen LogP contribution in [0.1, 0.15) is 20.8 Å². The van der Waals surface area contributed by atoms with Crippen LogP contribution in [-0.4, -0.2) is 16.8 Å². The lowest BCUT2D eigenvalue weighted by Gasteiger charge is -2.18. The minimum atomic E-state index is -0.640. The Bertz CT molecular complexity index is 415. The predicted molar refractivity (Wildman–Crippen MR) is 74.3 cm³/mol. The Balaban J connectivity index is 2.96. The summed E-state index contributed by atoms with van der Waals surface area (Å²) < 4.78 is 4.78. The first kappa shape index (κ1) is 14.3. The molecule has 0 atom stereocenters. The number of carbonyl (C=O) groups is 1. The van der Waals surface area contributed by atoms with Gasteiger partial charge in [-0.3, -0.25) is 4.79 Å². The molecule has 1 aromatic carbocycles. The molecule has 1 N–H and O–H groups in total. The molecule has 0 aliphatic rings. The van der Waals surface area contributed by atoms with E-state index in [0.29, 0.717) is 23.1 Å². The monoisotopic (exact) mass is 319 g/mol. The Morgan fingerprint density at radius 1 is 1.53 bits per heavy atom. The van der Waals surface area contributed by atoms with Crippen LogP contribution in [0.2, 0.25) is 5.02 Å². The highest BCUT2D eigenvalue weighted by Crippen LogP contribution is 2.29. The number of alkyl halides is 1. The Morgan fingerprint density at radius 2 is 2.18 bits per heavy atom. The number of carbonyl (C=O) groups excluding carboxylic acids is 1. The zero-order valence-corrected chi connectivity index (χ0v) is 12.4. The Morgan fingerprint density at radius 3 is 2.71 bits per heavy atom. The number of nitrogens with one attached hydrogen (secondary N) is 1. The SMILES string of the molecule is CCOc1ccc(Cl)cc1NC(=O)C(C)(C)Br. The Labute approximate surface area is 115 Å². The van der Waals surface area contributed by atoms with E-state index in [1.807, 2.05) is 6.92 Å². The molecule has 17 heavy (non-hydrogen) atoms. The van der Waals surface area contributed by atoms with Crippen LogP contribution in [0.5, 0.6) is 5.75 Å². The molecule has 0 saturated heterocycles. The predicted octanol–water partition coefficient (Wildman–Crippen LogP) is 3.85. The van der Waals surface area contributed by atoms with Gasteiger partial charge in [0.2, 0.25) is 5.91 Å². The van der Waals surface area contributed by atoms with E-state index < -0.39 is 4.32 Å². The fraction of sp³-hybridized carbons (Fsp3) is 0.417. The number of halogens is 2. The zero-order valence-electron chi connectivity index (χ0n) is 10.0. The molecule has 5 heteroatoms. The van der Waals surface area contributed by atoms with Crippen molar-refractivity contribution in [2.24, 2.45) is 0 Å². The fourth-order valence-electron chi connectivity index (χ4n) is 1.15. The molecule has 0 aliphatic heterocycles. The second-order valence-corrected chi connectivity index (χ2v) is 6.42. The lowest BCUT2D eigenvalue weighted by atomic mass is 10.2. The fourth-order valence-corrected chi connectivity index (χ4v) is 1.42. The molecule has 0 spiro atoms. The molecule has 0 saturated carbocycles. The molecule has 1 aromatic rings. The van der Waals surface area contributed by atoms with Crippen molar-refractivity contribution >= 4 is 39.1 Å². The molecule has 0 fully saturated rings. The van der Waals surface area contributed by atoms with Gasteiger partial charge in [0.1, 0.15) is 5.75 Å². The number of ether oxygens (including phenoxy) is 1. The van der Waals surface area contributed by atoms with E-state index in [2.05, 4.69) is 21.2 Å². The molecule has 1 rings (SSSR count). The van der Waals surface area contributed by atoms with E-state index in [1.54, 1.807) is 32.0 Å². The average Bonchev–Trinajstić information content (AvgIpc) is 2.21. The number of amides is 1. The molecular weight excluding hydrogens is 305 g/mol. The third-order valence-corrected chi connectivity index (χ3v) is 2.62. The van der Waals surface area contributed by atoms with Gasteiger partial charge in [-0.15, -0.1) is 0 Å². The van der Waals surface area contributed by atoms with Crippen molar-refractivity contribution in [3.63, 3.8) is 0 Å². The first-order valence-corrected chi connectivity index (χ1v) is 6.44. The quantitative estimate of drug-likeness (QED) is 0.856. The summed E-state index contributed by atoms with van der Waals surface area (Å²) in [4.78, 5) is 11.8. The van der Waals surface area contributed by atoms with E-state index in [-0.39, 0.29) is 5.91 Å². The summed E-state index contributed by atoms with van der Waals surface area (Å²) in [7, 11) is 0. The molecule has 0 heterocycles. The lowest BCUT2D eigenvalue weighted by Crippen LogP contribution is -2.31. The van der Waals surface area contributed by atoms with Crippen molar-refractivity contribution in [2.45, 2.75) is 25.1 Å². The number of hydrogen-bond donors (Lipinski definition) is 1. The summed E-state index contributed by atoms with van der Waals surface area (Å²) in [5.74, 6) is 0.461. The van der Waals surface area contributed by atoms with Gasteiger partial charge in [-0.2, -0.15) is 0 Å². The molecule has 0 unspecified atom stereocenters. The highest BCUT2D eigenvalue weighted by atomic mass is 79.9. The zero-order chi connectivity index (χ0) is 13.1. The maximum absolute atomic E-state index is 11.8. The molecule has 3 nitrogen and oxygen atoms in total. The van der Waals surface area contributed by atoms with Crippen LogP contribution in [0.25, 0.3) is 0 Å². The standard InChI is InChI=1S/C12H15BrClNO2/c1-4-17-10-6-5-8(14)7-9(10)15-11(16)12(2,3)13/h5-7H,4H2,1-3H3,(H,15,16). The minimum Gasteiger partial charge on any atom is -0.492 e. The van der Waals surface area contributed by atoms with Gasteiger partial charge in [0.25, 0.3) is 0 Å². The maximum atomic E-state index is 11.8. The van der Waals surface area contributed by atoms with Gasteiger partial charge in [0.05, 0.1) is 16.6 Å². The summed E-state index contributed by atoms with van der Waals surface area (Å²) in [6.07, 6.45) is 0. The van der Waals surface area contributed by atoms with Crippen LogP contribution >= 0.6 is 27.5 Å². The van der Waals surface area contributed by atoms with Crippen molar-refractivity contribution < 1.29 is 9.53 Å². The second-order valence-electron chi connectivity index (χ2n) is 4.00. The molecule has 0 aliphatic carbocycles. The van der Waals surface area contributed by atoms with Gasteiger partial charge in [0.15, 0.2) is 0 Å². The second kappa shape index (κ2) is 5.74. The minimum absolute atomic E-state index is 0.152. The Kier molecular flexibility index (Phi) is 4.83. The van der Waals surface area contributed by atoms with Crippen LogP contribution in [0.15, 0.2) is 18.2 Å². The summed E-state index contributed by atoms with van der Waals surface area (Å²) in [6, 6.07) is 5.13. The van der Waals surface area contributed by atoms with Crippen LogP contribution in [-0.2, 0) is 4.79 Å². The van der Waals surface area contributed by atoms with Gasteiger partial charge in [-0.25, -0.2) is 0 Å². The molecule has 0 radical (unpaired) electrons.